The molecule has 0 aliphatic carbocycles. The molecule has 2 N–H and O–H groups in total. The van der Waals surface area contributed by atoms with Gasteiger partial charge in [-0.1, -0.05) is 0 Å². The molecule has 0 amide bonds. The first-order chi connectivity index (χ1) is 9.04. The molecule has 5 heteroatoms. The van der Waals surface area contributed by atoms with E-state index in [1.807, 2.05) is 0 Å². The number of aryl methyl sites for hydroxylation is 1. The summed E-state index contributed by atoms with van der Waals surface area (Å²) < 4.78 is 7.39. The summed E-state index contributed by atoms with van der Waals surface area (Å²) in [4.78, 5) is 14.0. The summed E-state index contributed by atoms with van der Waals surface area (Å²) in [5.74, 6) is 0. The van der Waals surface area contributed by atoms with Crippen molar-refractivity contribution in [1.82, 2.24) is 9.47 Å². The summed E-state index contributed by atoms with van der Waals surface area (Å²) in [6.07, 6.45) is 3.24. The molecule has 2 heterocycles. The quantitative estimate of drug-likeness (QED) is 0.880. The van der Waals surface area contributed by atoms with Gasteiger partial charge in [0.05, 0.1) is 12.2 Å². The second-order valence-electron chi connectivity index (χ2n) is 5.36. The highest BCUT2D eigenvalue weighted by molar-refractivity contribution is 5.33. The second kappa shape index (κ2) is 6.21. The number of nitrogens with two attached hydrogens (primary N) is 1. The smallest absolute Gasteiger partial charge is 0.250 e. The van der Waals surface area contributed by atoms with Gasteiger partial charge in [-0.3, -0.25) is 9.69 Å². The molecular weight excluding hydrogens is 242 g/mol. The maximum atomic E-state index is 11.6. The van der Waals surface area contributed by atoms with Gasteiger partial charge in [-0.15, -0.1) is 0 Å². The molecule has 0 bridgehead atoms. The molecule has 0 spiro atoms. The number of hydrogen-bond donors (Lipinski definition) is 1. The molecule has 1 aliphatic heterocycles. The lowest BCUT2D eigenvalue weighted by atomic mass is 10.2. The van der Waals surface area contributed by atoms with Crippen LogP contribution in [0, 0.1) is 0 Å². The van der Waals surface area contributed by atoms with Crippen molar-refractivity contribution < 1.29 is 4.74 Å². The average Bonchev–Trinajstić information content (AvgIpc) is 2.32. The van der Waals surface area contributed by atoms with E-state index in [-0.39, 0.29) is 5.56 Å². The highest BCUT2D eigenvalue weighted by Gasteiger charge is 2.21. The van der Waals surface area contributed by atoms with Gasteiger partial charge in [-0.05, 0) is 26.3 Å². The van der Waals surface area contributed by atoms with Crippen LogP contribution < -0.4 is 11.3 Å². The topological polar surface area (TPSA) is 60.5 Å². The molecule has 1 aliphatic rings. The van der Waals surface area contributed by atoms with Gasteiger partial charge in [0.15, 0.2) is 0 Å². The third-order valence-electron chi connectivity index (χ3n) is 3.37. The fourth-order valence-corrected chi connectivity index (χ4v) is 2.66. The molecule has 1 fully saturated rings. The molecule has 106 valence electrons. The first-order valence-corrected chi connectivity index (χ1v) is 6.88. The van der Waals surface area contributed by atoms with E-state index in [2.05, 4.69) is 18.7 Å². The minimum Gasteiger partial charge on any atom is -0.398 e. The molecule has 0 aromatic carbocycles. The van der Waals surface area contributed by atoms with E-state index in [1.165, 1.54) is 6.07 Å². The molecule has 5 nitrogen and oxygen atoms in total. The van der Waals surface area contributed by atoms with Gasteiger partial charge in [0.2, 0.25) is 0 Å². The Balaban J connectivity index is 1.83. The number of ether oxygens (including phenoxy) is 1. The van der Waals surface area contributed by atoms with E-state index in [0.717, 1.165) is 26.1 Å². The molecule has 0 radical (unpaired) electrons. The zero-order chi connectivity index (χ0) is 13.8. The number of aromatic nitrogens is 1. The van der Waals surface area contributed by atoms with Gasteiger partial charge >= 0.3 is 0 Å². The highest BCUT2D eigenvalue weighted by Crippen LogP contribution is 2.10. The Morgan fingerprint density at radius 2 is 1.95 bits per heavy atom. The van der Waals surface area contributed by atoms with Crippen LogP contribution in [-0.2, 0) is 11.3 Å². The summed E-state index contributed by atoms with van der Waals surface area (Å²) in [5.41, 5.74) is 6.34. The van der Waals surface area contributed by atoms with Crippen molar-refractivity contribution in [2.75, 3.05) is 25.4 Å². The maximum absolute atomic E-state index is 11.6. The van der Waals surface area contributed by atoms with E-state index >= 15 is 0 Å². The summed E-state index contributed by atoms with van der Waals surface area (Å²) in [6, 6.07) is 3.17. The van der Waals surface area contributed by atoms with Crippen molar-refractivity contribution in [2.24, 2.45) is 0 Å². The monoisotopic (exact) mass is 265 g/mol. The predicted octanol–water partition coefficient (Wildman–Crippen LogP) is 0.930. The fourth-order valence-electron chi connectivity index (χ4n) is 2.66. The Kier molecular flexibility index (Phi) is 4.61. The average molecular weight is 265 g/mol. The third kappa shape index (κ3) is 4.08. The zero-order valence-corrected chi connectivity index (χ0v) is 11.7. The molecule has 0 saturated carbocycles. The number of nitrogens with zero attached hydrogens (tertiary/aromatic N) is 2. The van der Waals surface area contributed by atoms with Gasteiger partial charge in [-0.25, -0.2) is 0 Å². The molecule has 2 atom stereocenters. The van der Waals surface area contributed by atoms with E-state index < -0.39 is 0 Å². The Morgan fingerprint density at radius 3 is 2.63 bits per heavy atom. The summed E-state index contributed by atoms with van der Waals surface area (Å²) >= 11 is 0. The van der Waals surface area contributed by atoms with Crippen molar-refractivity contribution in [3.63, 3.8) is 0 Å². The van der Waals surface area contributed by atoms with Crippen molar-refractivity contribution in [2.45, 2.75) is 39.0 Å². The lowest BCUT2D eigenvalue weighted by molar-refractivity contribution is -0.0682. The minimum absolute atomic E-state index is 0.0120. The van der Waals surface area contributed by atoms with Crippen molar-refractivity contribution in [3.8, 4) is 0 Å². The highest BCUT2D eigenvalue weighted by atomic mass is 16.5. The first kappa shape index (κ1) is 14.1. The van der Waals surface area contributed by atoms with Crippen LogP contribution in [0.5, 0.6) is 0 Å². The van der Waals surface area contributed by atoms with E-state index in [1.54, 1.807) is 16.8 Å². The van der Waals surface area contributed by atoms with Crippen LogP contribution in [0.3, 0.4) is 0 Å². The Labute approximate surface area is 114 Å². The normalized spacial score (nSPS) is 24.5. The Morgan fingerprint density at radius 1 is 1.26 bits per heavy atom. The van der Waals surface area contributed by atoms with E-state index in [4.69, 9.17) is 10.5 Å². The Hall–Kier alpha value is -1.33. The van der Waals surface area contributed by atoms with Crippen LogP contribution in [0.2, 0.25) is 0 Å². The SMILES string of the molecule is C[C@@H]1CN(CCCn2cc(N)ccc2=O)C[C@H](C)O1. The van der Waals surface area contributed by atoms with Crippen LogP contribution in [0.15, 0.2) is 23.1 Å². The van der Waals surface area contributed by atoms with Gasteiger partial charge < -0.3 is 15.0 Å². The number of pyridine rings is 1. The van der Waals surface area contributed by atoms with Crippen molar-refractivity contribution in [3.05, 3.63) is 28.7 Å². The van der Waals surface area contributed by atoms with Gasteiger partial charge in [0.1, 0.15) is 0 Å². The molecule has 0 unspecified atom stereocenters. The van der Waals surface area contributed by atoms with Gasteiger partial charge in [0.25, 0.3) is 5.56 Å². The van der Waals surface area contributed by atoms with E-state index in [0.29, 0.717) is 24.4 Å². The number of nitrogen functional groups attached to an aromatic ring is 1. The van der Waals surface area contributed by atoms with Crippen LogP contribution in [0.4, 0.5) is 5.69 Å². The van der Waals surface area contributed by atoms with Crippen molar-refractivity contribution >= 4 is 5.69 Å². The zero-order valence-electron chi connectivity index (χ0n) is 11.7. The molecular formula is C14H23N3O2. The van der Waals surface area contributed by atoms with Crippen LogP contribution >= 0.6 is 0 Å². The number of rotatable bonds is 4. The lowest BCUT2D eigenvalue weighted by Gasteiger charge is -2.35. The minimum atomic E-state index is 0.0120. The van der Waals surface area contributed by atoms with E-state index in [9.17, 15) is 4.79 Å². The summed E-state index contributed by atoms with van der Waals surface area (Å²) in [6.45, 7) is 7.84. The van der Waals surface area contributed by atoms with Crippen LogP contribution in [0.25, 0.3) is 0 Å². The fraction of sp³-hybridized carbons (Fsp3) is 0.643. The maximum Gasteiger partial charge on any atom is 0.250 e. The predicted molar refractivity (Wildman–Crippen MR) is 76.2 cm³/mol. The third-order valence-corrected chi connectivity index (χ3v) is 3.37. The van der Waals surface area contributed by atoms with Crippen LogP contribution in [-0.4, -0.2) is 41.3 Å². The van der Waals surface area contributed by atoms with Gasteiger partial charge in [-0.2, -0.15) is 0 Å². The summed E-state index contributed by atoms with van der Waals surface area (Å²) in [7, 11) is 0. The molecule has 1 saturated heterocycles. The second-order valence-corrected chi connectivity index (χ2v) is 5.36. The van der Waals surface area contributed by atoms with Gasteiger partial charge in [0, 0.05) is 44.1 Å². The lowest BCUT2D eigenvalue weighted by Crippen LogP contribution is -2.45. The number of morpholine rings is 1. The number of anilines is 1. The van der Waals surface area contributed by atoms with Crippen molar-refractivity contribution in [1.29, 1.82) is 0 Å². The largest absolute Gasteiger partial charge is 0.398 e. The summed E-state index contributed by atoms with van der Waals surface area (Å²) in [5, 5.41) is 0. The standard InChI is InChI=1S/C14H23N3O2/c1-11-8-16(9-12(2)19-11)6-3-7-17-10-13(15)4-5-14(17)18/h4-5,10-12H,3,6-9,15H2,1-2H3/t11-,12+. The van der Waals surface area contributed by atoms with Crippen LogP contribution in [0.1, 0.15) is 20.3 Å². The molecule has 1 aromatic heterocycles. The Bertz CT molecular complexity index is 462. The molecule has 19 heavy (non-hydrogen) atoms. The number of hydrogen-bond acceptors (Lipinski definition) is 4. The first-order valence-electron chi connectivity index (χ1n) is 6.88. The molecule has 1 aromatic rings. The molecule has 2 rings (SSSR count).